The molecule has 13 heavy (non-hydrogen) atoms. The zero-order valence-electron chi connectivity index (χ0n) is 9.98. The van der Waals surface area contributed by atoms with Crippen molar-refractivity contribution in [3.05, 3.63) is 0 Å². The molecule has 0 amide bonds. The summed E-state index contributed by atoms with van der Waals surface area (Å²) < 4.78 is 5.76. The van der Waals surface area contributed by atoms with Crippen LogP contribution in [-0.2, 0) is 4.74 Å². The summed E-state index contributed by atoms with van der Waals surface area (Å²) in [7, 11) is 0. The van der Waals surface area contributed by atoms with Gasteiger partial charge in [0.1, 0.15) is 0 Å². The summed E-state index contributed by atoms with van der Waals surface area (Å²) in [6.07, 6.45) is 0.291. The fourth-order valence-corrected chi connectivity index (χ4v) is 1.22. The van der Waals surface area contributed by atoms with Gasteiger partial charge in [-0.05, 0) is 40.2 Å². The highest BCUT2D eigenvalue weighted by molar-refractivity contribution is 4.65. The summed E-state index contributed by atoms with van der Waals surface area (Å²) in [5.74, 6) is 0.710. The largest absolute Gasteiger partial charge is 0.372 e. The van der Waals surface area contributed by atoms with E-state index < -0.39 is 0 Å². The average molecular weight is 187 g/mol. The van der Waals surface area contributed by atoms with E-state index in [0.29, 0.717) is 12.0 Å². The Morgan fingerprint density at radius 2 is 1.62 bits per heavy atom. The van der Waals surface area contributed by atoms with Crippen LogP contribution in [0, 0.1) is 5.92 Å². The summed E-state index contributed by atoms with van der Waals surface area (Å²) in [6, 6.07) is 0. The van der Waals surface area contributed by atoms with Crippen LogP contribution in [0.2, 0.25) is 0 Å². The van der Waals surface area contributed by atoms with Gasteiger partial charge in [0.05, 0.1) is 11.7 Å². The maximum atomic E-state index is 5.76. The third kappa shape index (κ3) is 9.84. The van der Waals surface area contributed by atoms with Crippen molar-refractivity contribution in [1.29, 1.82) is 0 Å². The molecule has 0 aliphatic carbocycles. The van der Waals surface area contributed by atoms with Gasteiger partial charge in [0.15, 0.2) is 0 Å². The minimum atomic E-state index is -0.0288. The highest BCUT2D eigenvalue weighted by Crippen LogP contribution is 2.09. The first-order chi connectivity index (χ1) is 5.81. The third-order valence-corrected chi connectivity index (χ3v) is 1.54. The molecule has 1 atom stereocenters. The molecule has 0 aromatic rings. The molecular weight excluding hydrogens is 162 g/mol. The van der Waals surface area contributed by atoms with Crippen molar-refractivity contribution in [2.45, 2.75) is 53.2 Å². The highest BCUT2D eigenvalue weighted by Gasteiger charge is 2.14. The van der Waals surface area contributed by atoms with Crippen molar-refractivity contribution >= 4 is 0 Å². The molecule has 0 saturated heterocycles. The maximum absolute atomic E-state index is 5.76. The first kappa shape index (κ1) is 12.9. The van der Waals surface area contributed by atoms with Crippen LogP contribution in [0.4, 0.5) is 0 Å². The van der Waals surface area contributed by atoms with E-state index in [1.54, 1.807) is 0 Å². The molecule has 2 nitrogen and oxygen atoms in total. The van der Waals surface area contributed by atoms with Crippen LogP contribution in [0.25, 0.3) is 0 Å². The Hall–Kier alpha value is -0.0800. The molecule has 0 rings (SSSR count). The molecule has 80 valence electrons. The zero-order chi connectivity index (χ0) is 10.5. The molecule has 0 aliphatic heterocycles. The van der Waals surface area contributed by atoms with Crippen molar-refractivity contribution in [2.24, 2.45) is 5.92 Å². The lowest BCUT2D eigenvalue weighted by Crippen LogP contribution is -2.34. The first-order valence-corrected chi connectivity index (χ1v) is 5.20. The van der Waals surface area contributed by atoms with E-state index >= 15 is 0 Å². The topological polar surface area (TPSA) is 21.3 Å². The van der Waals surface area contributed by atoms with Crippen molar-refractivity contribution < 1.29 is 4.74 Å². The monoisotopic (exact) mass is 187 g/mol. The quantitative estimate of drug-likeness (QED) is 0.714. The lowest BCUT2D eigenvalue weighted by Gasteiger charge is -2.25. The molecule has 0 aromatic carbocycles. The van der Waals surface area contributed by atoms with E-state index in [9.17, 15) is 0 Å². The molecule has 1 unspecified atom stereocenters. The molecular formula is C11H25NO. The summed E-state index contributed by atoms with van der Waals surface area (Å²) in [6.45, 7) is 14.8. The van der Waals surface area contributed by atoms with Gasteiger partial charge < -0.3 is 10.1 Å². The van der Waals surface area contributed by atoms with Crippen LogP contribution in [0.15, 0.2) is 0 Å². The molecule has 1 N–H and O–H groups in total. The van der Waals surface area contributed by atoms with Gasteiger partial charge in [0, 0.05) is 6.54 Å². The standard InChI is InChI=1S/C11H25NO/c1-9(2)7-12-8-10(3)13-11(4,5)6/h9-10,12H,7-8H2,1-6H3. The summed E-state index contributed by atoms with van der Waals surface area (Å²) in [5.41, 5.74) is -0.0288. The van der Waals surface area contributed by atoms with Gasteiger partial charge in [-0.1, -0.05) is 13.8 Å². The lowest BCUT2D eigenvalue weighted by molar-refractivity contribution is -0.0499. The van der Waals surface area contributed by atoms with E-state index in [4.69, 9.17) is 4.74 Å². The normalized spacial score (nSPS) is 15.0. The van der Waals surface area contributed by atoms with E-state index in [-0.39, 0.29) is 5.60 Å². The summed E-state index contributed by atoms with van der Waals surface area (Å²) in [5, 5.41) is 3.38. The van der Waals surface area contributed by atoms with E-state index in [2.05, 4.69) is 46.9 Å². The number of hydrogen-bond acceptors (Lipinski definition) is 2. The Morgan fingerprint density at radius 1 is 1.08 bits per heavy atom. The highest BCUT2D eigenvalue weighted by atomic mass is 16.5. The number of nitrogens with one attached hydrogen (secondary N) is 1. The SMILES string of the molecule is CC(C)CNCC(C)OC(C)(C)C. The van der Waals surface area contributed by atoms with Gasteiger partial charge in [0.2, 0.25) is 0 Å². The van der Waals surface area contributed by atoms with Gasteiger partial charge >= 0.3 is 0 Å². The van der Waals surface area contributed by atoms with Gasteiger partial charge in [-0.3, -0.25) is 0 Å². The Morgan fingerprint density at radius 3 is 2.00 bits per heavy atom. The van der Waals surface area contributed by atoms with Crippen LogP contribution < -0.4 is 5.32 Å². The second kappa shape index (κ2) is 5.61. The molecule has 0 spiro atoms. The van der Waals surface area contributed by atoms with Crippen LogP contribution in [-0.4, -0.2) is 24.8 Å². The Kier molecular flexibility index (Phi) is 5.57. The Bertz CT molecular complexity index is 127. The van der Waals surface area contributed by atoms with E-state index in [0.717, 1.165) is 13.1 Å². The van der Waals surface area contributed by atoms with Crippen LogP contribution >= 0.6 is 0 Å². The molecule has 0 aliphatic rings. The second-order valence-electron chi connectivity index (χ2n) is 5.09. The number of ether oxygens (including phenoxy) is 1. The third-order valence-electron chi connectivity index (χ3n) is 1.54. The smallest absolute Gasteiger partial charge is 0.0678 e. The van der Waals surface area contributed by atoms with Crippen LogP contribution in [0.5, 0.6) is 0 Å². The molecule has 0 heterocycles. The predicted octanol–water partition coefficient (Wildman–Crippen LogP) is 2.44. The molecule has 0 bridgehead atoms. The van der Waals surface area contributed by atoms with E-state index in [1.165, 1.54) is 0 Å². The minimum Gasteiger partial charge on any atom is -0.372 e. The van der Waals surface area contributed by atoms with Gasteiger partial charge in [-0.25, -0.2) is 0 Å². The van der Waals surface area contributed by atoms with Crippen molar-refractivity contribution in [1.82, 2.24) is 5.32 Å². The maximum Gasteiger partial charge on any atom is 0.0678 e. The summed E-state index contributed by atoms with van der Waals surface area (Å²) >= 11 is 0. The second-order valence-corrected chi connectivity index (χ2v) is 5.09. The van der Waals surface area contributed by atoms with Crippen molar-refractivity contribution in [2.75, 3.05) is 13.1 Å². The van der Waals surface area contributed by atoms with Crippen LogP contribution in [0.3, 0.4) is 0 Å². The average Bonchev–Trinajstić information content (AvgIpc) is 1.81. The molecule has 0 saturated carbocycles. The molecule has 0 radical (unpaired) electrons. The van der Waals surface area contributed by atoms with E-state index in [1.807, 2.05) is 0 Å². The van der Waals surface area contributed by atoms with Gasteiger partial charge in [-0.2, -0.15) is 0 Å². The van der Waals surface area contributed by atoms with Crippen molar-refractivity contribution in [3.8, 4) is 0 Å². The van der Waals surface area contributed by atoms with Crippen LogP contribution in [0.1, 0.15) is 41.5 Å². The molecule has 0 fully saturated rings. The minimum absolute atomic E-state index is 0.0288. The molecule has 0 aromatic heterocycles. The first-order valence-electron chi connectivity index (χ1n) is 5.20. The number of rotatable bonds is 5. The Balaban J connectivity index is 3.46. The zero-order valence-corrected chi connectivity index (χ0v) is 9.98. The lowest BCUT2D eigenvalue weighted by atomic mass is 10.2. The number of hydrogen-bond donors (Lipinski definition) is 1. The fraction of sp³-hybridized carbons (Fsp3) is 1.00. The fourth-order valence-electron chi connectivity index (χ4n) is 1.22. The summed E-state index contributed by atoms with van der Waals surface area (Å²) in [4.78, 5) is 0. The van der Waals surface area contributed by atoms with Gasteiger partial charge in [0.25, 0.3) is 0 Å². The Labute approximate surface area is 83.1 Å². The van der Waals surface area contributed by atoms with Crippen molar-refractivity contribution in [3.63, 3.8) is 0 Å². The molecule has 2 heteroatoms. The predicted molar refractivity (Wildman–Crippen MR) is 58.0 cm³/mol. The van der Waals surface area contributed by atoms with Gasteiger partial charge in [-0.15, -0.1) is 0 Å².